The zero-order valence-corrected chi connectivity index (χ0v) is 12.0. The number of phenolic OH excluding ortho intramolecular Hbond substituents is 1. The summed E-state index contributed by atoms with van der Waals surface area (Å²) in [6.07, 6.45) is 3.51. The molecule has 2 rings (SSSR count). The van der Waals surface area contributed by atoms with Gasteiger partial charge in [-0.25, -0.2) is 0 Å². The number of carbonyl (C=O) groups is 2. The van der Waals surface area contributed by atoms with Crippen LogP contribution < -0.4 is 0 Å². The molecule has 0 amide bonds. The first-order valence-corrected chi connectivity index (χ1v) is 6.91. The molecule has 0 aliphatic heterocycles. The van der Waals surface area contributed by atoms with Crippen LogP contribution in [0, 0.1) is 5.92 Å². The Balaban J connectivity index is 0.000000364. The lowest BCUT2D eigenvalue weighted by Crippen LogP contribution is -2.29. The zero-order chi connectivity index (χ0) is 15.1. The second-order valence-corrected chi connectivity index (χ2v) is 5.14. The largest absolute Gasteiger partial charge is 0.507 e. The molecule has 1 saturated carbocycles. The first-order valence-electron chi connectivity index (χ1n) is 6.91. The van der Waals surface area contributed by atoms with Crippen LogP contribution in [-0.2, 0) is 4.79 Å². The first-order chi connectivity index (χ1) is 9.43. The Bertz CT molecular complexity index is 473. The van der Waals surface area contributed by atoms with Crippen LogP contribution in [0.2, 0.25) is 0 Å². The maximum atomic E-state index is 10.8. The van der Waals surface area contributed by atoms with E-state index in [4.69, 9.17) is 5.11 Å². The number of aromatic hydroxyl groups is 1. The van der Waals surface area contributed by atoms with E-state index < -0.39 is 0 Å². The highest BCUT2D eigenvalue weighted by molar-refractivity contribution is 5.96. The molecule has 0 saturated heterocycles. The fraction of sp³-hybridized carbons (Fsp3) is 0.500. The van der Waals surface area contributed by atoms with Crippen molar-refractivity contribution < 1.29 is 21.2 Å². The standard InChI is InChI=1S/C8H14O2.C8H8O2.H2/c2*1-6(9)7-4-2-3-5-8(7)10;/h7-8,10H,2-5H2,1H3;2-5,10H,1H3;1H. The number of aliphatic hydroxyl groups is 1. The van der Waals surface area contributed by atoms with Crippen LogP contribution in [0.4, 0.5) is 0 Å². The highest BCUT2D eigenvalue weighted by Gasteiger charge is 2.26. The third-order valence-corrected chi connectivity index (χ3v) is 3.53. The number of Topliss-reactive ketones (excluding diaryl/α,β-unsaturated/α-hetero) is 2. The third kappa shape index (κ3) is 4.78. The maximum Gasteiger partial charge on any atom is 0.163 e. The molecule has 4 heteroatoms. The lowest BCUT2D eigenvalue weighted by Gasteiger charge is -2.24. The van der Waals surface area contributed by atoms with Gasteiger partial charge in [-0.2, -0.15) is 0 Å². The van der Waals surface area contributed by atoms with Crippen molar-refractivity contribution in [3.05, 3.63) is 29.8 Å². The van der Waals surface area contributed by atoms with Crippen LogP contribution in [0.15, 0.2) is 24.3 Å². The number of carbonyl (C=O) groups excluding carboxylic acids is 2. The van der Waals surface area contributed by atoms with Crippen molar-refractivity contribution in [2.45, 2.75) is 45.6 Å². The Morgan fingerprint density at radius 2 is 1.75 bits per heavy atom. The van der Waals surface area contributed by atoms with Gasteiger partial charge in [-0.3, -0.25) is 9.59 Å². The molecule has 1 aromatic rings. The van der Waals surface area contributed by atoms with Crippen molar-refractivity contribution in [3.8, 4) is 5.75 Å². The topological polar surface area (TPSA) is 74.6 Å². The smallest absolute Gasteiger partial charge is 0.163 e. The van der Waals surface area contributed by atoms with Crippen LogP contribution >= 0.6 is 0 Å². The fourth-order valence-corrected chi connectivity index (χ4v) is 2.36. The summed E-state index contributed by atoms with van der Waals surface area (Å²) in [5.41, 5.74) is 0.377. The van der Waals surface area contributed by atoms with Crippen LogP contribution in [0.5, 0.6) is 5.75 Å². The van der Waals surface area contributed by atoms with E-state index in [9.17, 15) is 14.7 Å². The summed E-state index contributed by atoms with van der Waals surface area (Å²) in [5, 5.41) is 18.4. The van der Waals surface area contributed by atoms with Crippen molar-refractivity contribution >= 4 is 11.6 Å². The molecule has 1 aliphatic carbocycles. The Morgan fingerprint density at radius 1 is 1.15 bits per heavy atom. The van der Waals surface area contributed by atoms with Crippen LogP contribution in [0.1, 0.15) is 51.3 Å². The van der Waals surface area contributed by atoms with E-state index in [-0.39, 0.29) is 30.8 Å². The Kier molecular flexibility index (Phi) is 6.39. The maximum absolute atomic E-state index is 10.8. The monoisotopic (exact) mass is 280 g/mol. The number of hydrogen-bond acceptors (Lipinski definition) is 4. The number of para-hydroxylation sites is 1. The van der Waals surface area contributed by atoms with Crippen LogP contribution in [0.25, 0.3) is 0 Å². The average Bonchev–Trinajstić information content (AvgIpc) is 2.40. The molecule has 2 unspecified atom stereocenters. The van der Waals surface area contributed by atoms with E-state index >= 15 is 0 Å². The van der Waals surface area contributed by atoms with Gasteiger partial charge in [0, 0.05) is 7.34 Å². The van der Waals surface area contributed by atoms with Crippen LogP contribution in [0.3, 0.4) is 0 Å². The zero-order valence-electron chi connectivity index (χ0n) is 12.0. The van der Waals surface area contributed by atoms with Crippen molar-refractivity contribution in [3.63, 3.8) is 0 Å². The molecule has 4 nitrogen and oxygen atoms in total. The molecule has 20 heavy (non-hydrogen) atoms. The second-order valence-electron chi connectivity index (χ2n) is 5.14. The Morgan fingerprint density at radius 3 is 2.15 bits per heavy atom. The number of benzene rings is 1. The number of rotatable bonds is 2. The van der Waals surface area contributed by atoms with E-state index in [1.807, 2.05) is 0 Å². The summed E-state index contributed by atoms with van der Waals surface area (Å²) in [5.74, 6) is 0.0223. The fourth-order valence-electron chi connectivity index (χ4n) is 2.36. The minimum absolute atomic E-state index is 0. The Labute approximate surface area is 120 Å². The third-order valence-electron chi connectivity index (χ3n) is 3.53. The van der Waals surface area contributed by atoms with Gasteiger partial charge in [0.1, 0.15) is 11.5 Å². The average molecular weight is 280 g/mol. The molecule has 0 aromatic heterocycles. The van der Waals surface area contributed by atoms with Crippen LogP contribution in [-0.4, -0.2) is 27.9 Å². The quantitative estimate of drug-likeness (QED) is 0.817. The SMILES string of the molecule is CC(=O)C1CCCCC1O.CC(=O)c1ccccc1O.[HH]. The molecule has 2 atom stereocenters. The molecule has 1 aromatic carbocycles. The summed E-state index contributed by atoms with van der Waals surface area (Å²) in [6, 6.07) is 6.49. The predicted molar refractivity (Wildman–Crippen MR) is 78.9 cm³/mol. The molecule has 1 fully saturated rings. The molecular weight excluding hydrogens is 256 g/mol. The number of phenols is 1. The minimum atomic E-state index is -0.355. The highest BCUT2D eigenvalue weighted by Crippen LogP contribution is 2.24. The summed E-state index contributed by atoms with van der Waals surface area (Å²) in [4.78, 5) is 21.6. The van der Waals surface area contributed by atoms with Crippen molar-refractivity contribution in [2.75, 3.05) is 0 Å². The lowest BCUT2D eigenvalue weighted by molar-refractivity contribution is -0.125. The molecule has 0 spiro atoms. The minimum Gasteiger partial charge on any atom is -0.507 e. The van der Waals surface area contributed by atoms with Gasteiger partial charge in [0.2, 0.25) is 0 Å². The summed E-state index contributed by atoms with van der Waals surface area (Å²) in [7, 11) is 0. The molecular formula is C16H24O4. The molecule has 1 aliphatic rings. The normalized spacial score (nSPS) is 21.6. The summed E-state index contributed by atoms with van der Waals surface area (Å²) >= 11 is 0. The van der Waals surface area contributed by atoms with E-state index in [1.165, 1.54) is 13.0 Å². The van der Waals surface area contributed by atoms with Gasteiger partial charge in [-0.1, -0.05) is 25.0 Å². The molecule has 2 N–H and O–H groups in total. The first kappa shape index (κ1) is 16.4. The van der Waals surface area contributed by atoms with E-state index in [2.05, 4.69) is 0 Å². The summed E-state index contributed by atoms with van der Waals surface area (Å²) in [6.45, 7) is 2.99. The van der Waals surface area contributed by atoms with Crippen molar-refractivity contribution in [1.29, 1.82) is 0 Å². The van der Waals surface area contributed by atoms with Gasteiger partial charge < -0.3 is 10.2 Å². The van der Waals surface area contributed by atoms with E-state index in [0.29, 0.717) is 5.56 Å². The predicted octanol–water partition coefficient (Wildman–Crippen LogP) is 2.97. The van der Waals surface area contributed by atoms with Gasteiger partial charge in [-0.05, 0) is 38.8 Å². The van der Waals surface area contributed by atoms with Crippen molar-refractivity contribution in [1.82, 2.24) is 0 Å². The lowest BCUT2D eigenvalue weighted by atomic mass is 9.84. The summed E-state index contributed by atoms with van der Waals surface area (Å²) < 4.78 is 0. The highest BCUT2D eigenvalue weighted by atomic mass is 16.3. The molecule has 0 radical (unpaired) electrons. The number of hydrogen-bond donors (Lipinski definition) is 2. The Hall–Kier alpha value is -1.68. The van der Waals surface area contributed by atoms with Gasteiger partial charge in [0.25, 0.3) is 0 Å². The second kappa shape index (κ2) is 7.80. The van der Waals surface area contributed by atoms with Crippen molar-refractivity contribution in [2.24, 2.45) is 5.92 Å². The van der Waals surface area contributed by atoms with Gasteiger partial charge in [0.05, 0.1) is 11.7 Å². The van der Waals surface area contributed by atoms with Gasteiger partial charge >= 0.3 is 0 Å². The van der Waals surface area contributed by atoms with Gasteiger partial charge in [0.15, 0.2) is 5.78 Å². The number of aliphatic hydroxyl groups excluding tert-OH is 1. The molecule has 112 valence electrons. The molecule has 0 bridgehead atoms. The van der Waals surface area contributed by atoms with E-state index in [0.717, 1.165) is 25.7 Å². The molecule has 0 heterocycles. The number of ketones is 2. The van der Waals surface area contributed by atoms with Gasteiger partial charge in [-0.15, -0.1) is 0 Å². The van der Waals surface area contributed by atoms with E-state index in [1.54, 1.807) is 25.1 Å².